The van der Waals surface area contributed by atoms with E-state index in [-0.39, 0.29) is 6.10 Å². The molecule has 72 valence electrons. The molecule has 0 saturated carbocycles. The quantitative estimate of drug-likeness (QED) is 0.689. The molecule has 1 aromatic heterocycles. The van der Waals surface area contributed by atoms with Crippen LogP contribution in [-0.2, 0) is 4.74 Å². The lowest BCUT2D eigenvalue weighted by Gasteiger charge is -2.04. The van der Waals surface area contributed by atoms with E-state index in [1.54, 1.807) is 18.4 Å². The first kappa shape index (κ1) is 8.77. The zero-order chi connectivity index (χ0) is 9.42. The molecule has 0 radical (unpaired) electrons. The van der Waals surface area contributed by atoms with Crippen LogP contribution in [0.2, 0.25) is 0 Å². The fourth-order valence-electron chi connectivity index (χ4n) is 1.05. The maximum absolute atomic E-state index is 5.20. The van der Waals surface area contributed by atoms with Gasteiger partial charge in [-0.25, -0.2) is 0 Å². The van der Waals surface area contributed by atoms with E-state index in [0.717, 1.165) is 16.6 Å². The Morgan fingerprint density at radius 1 is 1.62 bits per heavy atom. The highest BCUT2D eigenvalue weighted by molar-refractivity contribution is 7.16. The third kappa shape index (κ3) is 1.62. The molecule has 0 N–H and O–H groups in total. The van der Waals surface area contributed by atoms with Crippen LogP contribution >= 0.6 is 11.3 Å². The molecular formula is C8H12N2O2S. The number of methoxy groups -OCH3 is 1. The van der Waals surface area contributed by atoms with Gasteiger partial charge in [-0.2, -0.15) is 4.98 Å². The average molecular weight is 200 g/mol. The molecule has 1 aliphatic rings. The first-order valence-corrected chi connectivity index (χ1v) is 4.87. The number of hydrogen-bond donors (Lipinski definition) is 0. The Bertz CT molecular complexity index is 307. The lowest BCUT2D eigenvalue weighted by atomic mass is 10.4. The highest BCUT2D eigenvalue weighted by Gasteiger charge is 2.31. The van der Waals surface area contributed by atoms with Gasteiger partial charge in [0.05, 0.1) is 13.7 Å². The summed E-state index contributed by atoms with van der Waals surface area (Å²) in [6.45, 7) is 0.797. The number of aromatic nitrogens is 1. The number of rotatable bonds is 3. The van der Waals surface area contributed by atoms with Crippen molar-refractivity contribution in [2.45, 2.75) is 6.10 Å². The van der Waals surface area contributed by atoms with Crippen molar-refractivity contribution in [2.24, 2.45) is 0 Å². The maximum Gasteiger partial charge on any atom is 0.232 e. The van der Waals surface area contributed by atoms with E-state index in [2.05, 4.69) is 4.98 Å². The Kier molecular flexibility index (Phi) is 2.13. The summed E-state index contributed by atoms with van der Waals surface area (Å²) in [5.41, 5.74) is 0. The summed E-state index contributed by atoms with van der Waals surface area (Å²) in [7, 11) is 5.58. The molecule has 0 unspecified atom stereocenters. The van der Waals surface area contributed by atoms with E-state index in [0.29, 0.717) is 5.88 Å². The van der Waals surface area contributed by atoms with Gasteiger partial charge in [-0.1, -0.05) is 11.3 Å². The molecular weight excluding hydrogens is 188 g/mol. The van der Waals surface area contributed by atoms with Crippen LogP contribution in [0.5, 0.6) is 5.88 Å². The molecule has 0 aromatic carbocycles. The van der Waals surface area contributed by atoms with E-state index in [1.165, 1.54) is 0 Å². The van der Waals surface area contributed by atoms with Crippen LogP contribution in [0.4, 0.5) is 5.13 Å². The molecule has 1 atom stereocenters. The fraction of sp³-hybridized carbons (Fsp3) is 0.625. The summed E-state index contributed by atoms with van der Waals surface area (Å²) in [5, 5.41) is 0.961. The molecule has 1 aliphatic heterocycles. The Morgan fingerprint density at radius 3 is 2.77 bits per heavy atom. The van der Waals surface area contributed by atoms with Crippen molar-refractivity contribution in [3.05, 3.63) is 4.88 Å². The van der Waals surface area contributed by atoms with Crippen LogP contribution in [-0.4, -0.2) is 32.8 Å². The van der Waals surface area contributed by atoms with Gasteiger partial charge < -0.3 is 14.4 Å². The largest absolute Gasteiger partial charge is 0.480 e. The summed E-state index contributed by atoms with van der Waals surface area (Å²) in [5.74, 6) is 0.705. The molecule has 1 saturated heterocycles. The minimum absolute atomic E-state index is 0.223. The summed E-state index contributed by atoms with van der Waals surface area (Å²) in [6.07, 6.45) is 0.223. The molecule has 1 aromatic rings. The van der Waals surface area contributed by atoms with Gasteiger partial charge >= 0.3 is 0 Å². The van der Waals surface area contributed by atoms with Crippen molar-refractivity contribution in [2.75, 3.05) is 32.7 Å². The number of nitrogens with zero attached hydrogens (tertiary/aromatic N) is 2. The monoisotopic (exact) mass is 200 g/mol. The number of thiazole rings is 1. The molecule has 0 amide bonds. The van der Waals surface area contributed by atoms with Crippen molar-refractivity contribution in [1.82, 2.24) is 4.98 Å². The van der Waals surface area contributed by atoms with Gasteiger partial charge in [-0.3, -0.25) is 0 Å². The smallest absolute Gasteiger partial charge is 0.232 e. The number of hydrogen-bond acceptors (Lipinski definition) is 5. The second kappa shape index (κ2) is 3.16. The number of anilines is 1. The molecule has 2 rings (SSSR count). The van der Waals surface area contributed by atoms with E-state index in [4.69, 9.17) is 9.47 Å². The summed E-state index contributed by atoms with van der Waals surface area (Å²) < 4.78 is 10.4. The molecule has 2 heterocycles. The van der Waals surface area contributed by atoms with Crippen LogP contribution in [0.3, 0.4) is 0 Å². The normalized spacial score (nSPS) is 20.1. The lowest BCUT2D eigenvalue weighted by molar-refractivity contribution is 0.377. The fourth-order valence-corrected chi connectivity index (χ4v) is 2.04. The van der Waals surface area contributed by atoms with Crippen LogP contribution in [0.25, 0.3) is 0 Å². The zero-order valence-electron chi connectivity index (χ0n) is 7.90. The Labute approximate surface area is 81.1 Å². The Morgan fingerprint density at radius 2 is 2.31 bits per heavy atom. The van der Waals surface area contributed by atoms with Crippen molar-refractivity contribution >= 4 is 16.5 Å². The van der Waals surface area contributed by atoms with Crippen molar-refractivity contribution in [3.63, 3.8) is 0 Å². The summed E-state index contributed by atoms with van der Waals surface area (Å²) in [6, 6.07) is 0. The van der Waals surface area contributed by atoms with Crippen LogP contribution in [0.1, 0.15) is 11.0 Å². The molecule has 4 nitrogen and oxygen atoms in total. The lowest BCUT2D eigenvalue weighted by Crippen LogP contribution is -2.07. The van der Waals surface area contributed by atoms with Crippen LogP contribution < -0.4 is 9.64 Å². The number of ether oxygens (including phenoxy) is 2. The Balaban J connectivity index is 2.31. The topological polar surface area (TPSA) is 37.9 Å². The van der Waals surface area contributed by atoms with Crippen LogP contribution in [0, 0.1) is 0 Å². The van der Waals surface area contributed by atoms with Crippen molar-refractivity contribution in [3.8, 4) is 5.88 Å². The third-order valence-electron chi connectivity index (χ3n) is 1.81. The summed E-state index contributed by atoms with van der Waals surface area (Å²) >= 11 is 1.63. The molecule has 0 bridgehead atoms. The molecule has 1 fully saturated rings. The number of epoxide rings is 1. The first-order valence-electron chi connectivity index (χ1n) is 4.06. The average Bonchev–Trinajstić information content (AvgIpc) is 2.84. The SMILES string of the molecule is COc1nc(N(C)C)sc1[C@H]1CO1. The van der Waals surface area contributed by atoms with Gasteiger partial charge in [0.2, 0.25) is 5.88 Å². The first-order chi connectivity index (χ1) is 6.22. The van der Waals surface area contributed by atoms with Gasteiger partial charge in [-0.15, -0.1) is 0 Å². The Hall–Kier alpha value is -0.810. The van der Waals surface area contributed by atoms with Gasteiger partial charge in [0, 0.05) is 14.1 Å². The predicted octanol–water partition coefficient (Wildman–Crippen LogP) is 1.29. The second-order valence-electron chi connectivity index (χ2n) is 3.09. The van der Waals surface area contributed by atoms with Gasteiger partial charge in [-0.05, 0) is 0 Å². The van der Waals surface area contributed by atoms with E-state index < -0.39 is 0 Å². The molecule has 0 aliphatic carbocycles. The second-order valence-corrected chi connectivity index (χ2v) is 4.10. The minimum atomic E-state index is 0.223. The maximum atomic E-state index is 5.20. The van der Waals surface area contributed by atoms with Gasteiger partial charge in [0.15, 0.2) is 5.13 Å². The predicted molar refractivity (Wildman–Crippen MR) is 51.7 cm³/mol. The zero-order valence-corrected chi connectivity index (χ0v) is 8.72. The van der Waals surface area contributed by atoms with E-state index >= 15 is 0 Å². The standard InChI is InChI=1S/C8H12N2O2S/c1-10(2)8-9-7(11-3)6(13-8)5-4-12-5/h5H,4H2,1-3H3/t5-/m1/s1. The molecule has 13 heavy (non-hydrogen) atoms. The molecule has 5 heteroatoms. The minimum Gasteiger partial charge on any atom is -0.480 e. The van der Waals surface area contributed by atoms with Crippen molar-refractivity contribution < 1.29 is 9.47 Å². The van der Waals surface area contributed by atoms with Crippen molar-refractivity contribution in [1.29, 1.82) is 0 Å². The van der Waals surface area contributed by atoms with Gasteiger partial charge in [0.25, 0.3) is 0 Å². The highest BCUT2D eigenvalue weighted by atomic mass is 32.1. The van der Waals surface area contributed by atoms with Crippen LogP contribution in [0.15, 0.2) is 0 Å². The summed E-state index contributed by atoms with van der Waals surface area (Å²) in [4.78, 5) is 7.41. The third-order valence-corrected chi connectivity index (χ3v) is 3.11. The van der Waals surface area contributed by atoms with E-state index in [1.807, 2.05) is 19.0 Å². The highest BCUT2D eigenvalue weighted by Crippen LogP contribution is 2.42. The van der Waals surface area contributed by atoms with Gasteiger partial charge in [0.1, 0.15) is 11.0 Å². The van der Waals surface area contributed by atoms with E-state index in [9.17, 15) is 0 Å². The molecule has 0 spiro atoms.